The van der Waals surface area contributed by atoms with E-state index in [0.29, 0.717) is 18.7 Å². The first-order valence-electron chi connectivity index (χ1n) is 8.78. The minimum absolute atomic E-state index is 0.120. The van der Waals surface area contributed by atoms with Crippen LogP contribution in [-0.4, -0.2) is 59.9 Å². The van der Waals surface area contributed by atoms with Crippen molar-refractivity contribution in [3.05, 3.63) is 35.9 Å². The van der Waals surface area contributed by atoms with Crippen LogP contribution < -0.4 is 5.32 Å². The van der Waals surface area contributed by atoms with Gasteiger partial charge in [-0.15, -0.1) is 0 Å². The van der Waals surface area contributed by atoms with E-state index < -0.39 is 24.0 Å². The third kappa shape index (κ3) is 4.06. The highest BCUT2D eigenvalue weighted by Crippen LogP contribution is 2.29. The van der Waals surface area contributed by atoms with Crippen molar-refractivity contribution < 1.29 is 27.6 Å². The lowest BCUT2D eigenvalue weighted by atomic mass is 9.93. The second-order valence-electron chi connectivity index (χ2n) is 6.70. The van der Waals surface area contributed by atoms with Gasteiger partial charge in [-0.3, -0.25) is 14.4 Å². The molecule has 1 N–H and O–H groups in total. The molecule has 0 radical (unpaired) electrons. The molecule has 0 bridgehead atoms. The van der Waals surface area contributed by atoms with Gasteiger partial charge in [0.05, 0.1) is 0 Å². The van der Waals surface area contributed by atoms with E-state index in [4.69, 9.17) is 0 Å². The fourth-order valence-corrected chi connectivity index (χ4v) is 3.61. The SMILES string of the molecule is O=C1NCCN(C(=O)C2CCN(C(=O)C(F)(F)F)CC2)C1c1ccccc1. The molecule has 0 saturated carbocycles. The minimum atomic E-state index is -4.90. The summed E-state index contributed by atoms with van der Waals surface area (Å²) >= 11 is 0. The molecule has 0 aliphatic carbocycles. The predicted molar refractivity (Wildman–Crippen MR) is 89.3 cm³/mol. The Morgan fingerprint density at radius 1 is 1.04 bits per heavy atom. The summed E-state index contributed by atoms with van der Waals surface area (Å²) in [4.78, 5) is 38.9. The monoisotopic (exact) mass is 383 g/mol. The van der Waals surface area contributed by atoms with Crippen LogP contribution >= 0.6 is 0 Å². The first-order chi connectivity index (χ1) is 12.8. The van der Waals surface area contributed by atoms with Crippen molar-refractivity contribution in [1.29, 1.82) is 0 Å². The Balaban J connectivity index is 1.70. The number of nitrogens with one attached hydrogen (secondary N) is 1. The van der Waals surface area contributed by atoms with Gasteiger partial charge in [0, 0.05) is 32.1 Å². The maximum Gasteiger partial charge on any atom is 0.471 e. The van der Waals surface area contributed by atoms with Gasteiger partial charge in [0.1, 0.15) is 6.04 Å². The zero-order valence-corrected chi connectivity index (χ0v) is 14.5. The number of likely N-dealkylation sites (tertiary alicyclic amines) is 1. The van der Waals surface area contributed by atoms with Crippen molar-refractivity contribution in [3.63, 3.8) is 0 Å². The van der Waals surface area contributed by atoms with E-state index in [-0.39, 0.29) is 37.7 Å². The van der Waals surface area contributed by atoms with Crippen molar-refractivity contribution in [2.24, 2.45) is 5.92 Å². The zero-order chi connectivity index (χ0) is 19.6. The third-order valence-corrected chi connectivity index (χ3v) is 4.98. The first kappa shape index (κ1) is 19.2. The van der Waals surface area contributed by atoms with E-state index in [1.807, 2.05) is 6.07 Å². The van der Waals surface area contributed by atoms with Gasteiger partial charge in [-0.05, 0) is 18.4 Å². The first-order valence-corrected chi connectivity index (χ1v) is 8.78. The maximum atomic E-state index is 13.0. The van der Waals surface area contributed by atoms with Crippen LogP contribution in [0.2, 0.25) is 0 Å². The van der Waals surface area contributed by atoms with E-state index in [1.165, 1.54) is 4.90 Å². The highest BCUT2D eigenvalue weighted by molar-refractivity contribution is 5.90. The third-order valence-electron chi connectivity index (χ3n) is 4.98. The lowest BCUT2D eigenvalue weighted by molar-refractivity contribution is -0.187. The number of benzene rings is 1. The number of carbonyl (C=O) groups excluding carboxylic acids is 3. The number of piperazine rings is 1. The lowest BCUT2D eigenvalue weighted by Gasteiger charge is -2.39. The highest BCUT2D eigenvalue weighted by atomic mass is 19.4. The number of rotatable bonds is 2. The molecule has 6 nitrogen and oxygen atoms in total. The summed E-state index contributed by atoms with van der Waals surface area (Å²) in [7, 11) is 0. The number of alkyl halides is 3. The number of amides is 3. The smallest absolute Gasteiger partial charge is 0.352 e. The fraction of sp³-hybridized carbons (Fsp3) is 0.500. The molecular weight excluding hydrogens is 363 g/mol. The van der Waals surface area contributed by atoms with Gasteiger partial charge >= 0.3 is 12.1 Å². The van der Waals surface area contributed by atoms with Crippen molar-refractivity contribution >= 4 is 17.7 Å². The number of nitrogens with zero attached hydrogens (tertiary/aromatic N) is 2. The van der Waals surface area contributed by atoms with Gasteiger partial charge in [0.15, 0.2) is 0 Å². The van der Waals surface area contributed by atoms with E-state index in [9.17, 15) is 27.6 Å². The molecule has 9 heteroatoms. The Bertz CT molecular complexity index is 716. The molecule has 2 heterocycles. The van der Waals surface area contributed by atoms with Gasteiger partial charge in [0.2, 0.25) is 11.8 Å². The second-order valence-corrected chi connectivity index (χ2v) is 6.70. The molecule has 1 aromatic carbocycles. The van der Waals surface area contributed by atoms with Gasteiger partial charge in [-0.25, -0.2) is 0 Å². The molecule has 2 saturated heterocycles. The van der Waals surface area contributed by atoms with Crippen LogP contribution in [0, 0.1) is 5.92 Å². The van der Waals surface area contributed by atoms with Gasteiger partial charge < -0.3 is 15.1 Å². The minimum Gasteiger partial charge on any atom is -0.352 e. The molecule has 2 aliphatic heterocycles. The van der Waals surface area contributed by atoms with E-state index in [0.717, 1.165) is 4.90 Å². The lowest BCUT2D eigenvalue weighted by Crippen LogP contribution is -2.55. The molecular formula is C18H20F3N3O3. The van der Waals surface area contributed by atoms with Crippen LogP contribution in [-0.2, 0) is 14.4 Å². The van der Waals surface area contributed by atoms with Crippen LogP contribution in [0.4, 0.5) is 13.2 Å². The summed E-state index contributed by atoms with van der Waals surface area (Å²) in [6.07, 6.45) is -4.60. The Kier molecular flexibility index (Phi) is 5.38. The predicted octanol–water partition coefficient (Wildman–Crippen LogP) is 1.49. The Hall–Kier alpha value is -2.58. The summed E-state index contributed by atoms with van der Waals surface area (Å²) in [6, 6.07) is 8.15. The molecule has 1 aromatic rings. The van der Waals surface area contributed by atoms with Gasteiger partial charge in [-0.1, -0.05) is 30.3 Å². The Morgan fingerprint density at radius 2 is 1.67 bits per heavy atom. The summed E-state index contributed by atoms with van der Waals surface area (Å²) in [5.74, 6) is -2.89. The summed E-state index contributed by atoms with van der Waals surface area (Å²) in [6.45, 7) is 0.431. The molecule has 3 amide bonds. The van der Waals surface area contributed by atoms with Crippen molar-refractivity contribution in [3.8, 4) is 0 Å². The Labute approximate surface area is 154 Å². The normalized spacial score (nSPS) is 21.7. The van der Waals surface area contributed by atoms with Crippen molar-refractivity contribution in [2.45, 2.75) is 25.1 Å². The summed E-state index contributed by atoms with van der Waals surface area (Å²) in [5.41, 5.74) is 0.688. The van der Waals surface area contributed by atoms with Gasteiger partial charge in [-0.2, -0.15) is 13.2 Å². The van der Waals surface area contributed by atoms with Crippen LogP contribution in [0.5, 0.6) is 0 Å². The number of halogens is 3. The molecule has 1 atom stereocenters. The average molecular weight is 383 g/mol. The largest absolute Gasteiger partial charge is 0.471 e. The highest BCUT2D eigenvalue weighted by Gasteiger charge is 2.44. The van der Waals surface area contributed by atoms with Crippen molar-refractivity contribution in [1.82, 2.24) is 15.1 Å². The molecule has 2 aliphatic rings. The average Bonchev–Trinajstić information content (AvgIpc) is 2.66. The van der Waals surface area contributed by atoms with Crippen molar-refractivity contribution in [2.75, 3.05) is 26.2 Å². The molecule has 27 heavy (non-hydrogen) atoms. The molecule has 0 spiro atoms. The van der Waals surface area contributed by atoms with E-state index in [1.54, 1.807) is 24.3 Å². The van der Waals surface area contributed by atoms with Gasteiger partial charge in [0.25, 0.3) is 0 Å². The van der Waals surface area contributed by atoms with Crippen LogP contribution in [0.1, 0.15) is 24.4 Å². The summed E-state index contributed by atoms with van der Waals surface area (Å²) in [5, 5.41) is 2.75. The van der Waals surface area contributed by atoms with Crippen LogP contribution in [0.25, 0.3) is 0 Å². The molecule has 3 rings (SSSR count). The quantitative estimate of drug-likeness (QED) is 0.841. The topological polar surface area (TPSA) is 69.7 Å². The van der Waals surface area contributed by atoms with E-state index >= 15 is 0 Å². The molecule has 0 aromatic heterocycles. The van der Waals surface area contributed by atoms with Crippen LogP contribution in [0.15, 0.2) is 30.3 Å². The fourth-order valence-electron chi connectivity index (χ4n) is 3.61. The zero-order valence-electron chi connectivity index (χ0n) is 14.5. The van der Waals surface area contributed by atoms with E-state index in [2.05, 4.69) is 5.32 Å². The molecule has 2 fully saturated rings. The number of hydrogen-bond donors (Lipinski definition) is 1. The van der Waals surface area contributed by atoms with Crippen LogP contribution in [0.3, 0.4) is 0 Å². The maximum absolute atomic E-state index is 13.0. The number of carbonyl (C=O) groups is 3. The number of piperidine rings is 1. The molecule has 146 valence electrons. The molecule has 1 unspecified atom stereocenters. The summed E-state index contributed by atoms with van der Waals surface area (Å²) < 4.78 is 37.7. The Morgan fingerprint density at radius 3 is 2.26 bits per heavy atom. The standard InChI is InChI=1S/C18H20F3N3O3/c19-18(20,21)17(27)23-9-6-13(7-10-23)16(26)24-11-8-22-15(25)14(24)12-4-2-1-3-5-12/h1-5,13-14H,6-11H2,(H,22,25). The second kappa shape index (κ2) is 7.58. The number of hydrogen-bond acceptors (Lipinski definition) is 3.